The Bertz CT molecular complexity index is 737. The molecule has 0 radical (unpaired) electrons. The molecule has 1 aromatic carbocycles. The van der Waals surface area contributed by atoms with Crippen LogP contribution in [0.5, 0.6) is 0 Å². The molecule has 2 aromatic rings. The van der Waals surface area contributed by atoms with E-state index in [-0.39, 0.29) is 10.8 Å². The molecule has 5 nitrogen and oxygen atoms in total. The molecule has 0 saturated carbocycles. The molecular formula is C14H14N2O3S. The van der Waals surface area contributed by atoms with E-state index in [1.807, 2.05) is 13.0 Å². The fourth-order valence-electron chi connectivity index (χ4n) is 1.65. The average molecular weight is 290 g/mol. The third-order valence-corrected chi connectivity index (χ3v) is 3.83. The molecule has 1 amide bonds. The van der Waals surface area contributed by atoms with Gasteiger partial charge in [0.25, 0.3) is 5.91 Å². The summed E-state index contributed by atoms with van der Waals surface area (Å²) in [5, 5.41) is 2.66. The van der Waals surface area contributed by atoms with Crippen molar-refractivity contribution in [3.05, 3.63) is 53.7 Å². The molecule has 1 N–H and O–H groups in total. The highest BCUT2D eigenvalue weighted by Crippen LogP contribution is 2.12. The van der Waals surface area contributed by atoms with Crippen molar-refractivity contribution in [2.24, 2.45) is 0 Å². The summed E-state index contributed by atoms with van der Waals surface area (Å²) in [6, 6.07) is 9.35. The summed E-state index contributed by atoms with van der Waals surface area (Å²) in [5.74, 6) is 0.130. The maximum absolute atomic E-state index is 12.0. The molecule has 2 rings (SSSR count). The zero-order valence-corrected chi connectivity index (χ0v) is 11.9. The second kappa shape index (κ2) is 5.42. The maximum Gasteiger partial charge on any atom is 0.256 e. The Kier molecular flexibility index (Phi) is 3.85. The lowest BCUT2D eigenvalue weighted by molar-refractivity contribution is 0.102. The summed E-state index contributed by atoms with van der Waals surface area (Å²) in [7, 11) is -3.25. The van der Waals surface area contributed by atoms with Gasteiger partial charge >= 0.3 is 0 Å². The summed E-state index contributed by atoms with van der Waals surface area (Å²) in [4.78, 5) is 16.2. The smallest absolute Gasteiger partial charge is 0.256 e. The number of anilines is 1. The predicted molar refractivity (Wildman–Crippen MR) is 76.5 cm³/mol. The number of sulfone groups is 1. The summed E-state index contributed by atoms with van der Waals surface area (Å²) in [6.07, 6.45) is 2.73. The minimum atomic E-state index is -3.25. The first-order chi connectivity index (χ1) is 9.36. The number of rotatable bonds is 3. The van der Waals surface area contributed by atoms with Gasteiger partial charge in [-0.05, 0) is 48.9 Å². The number of carbonyl (C=O) groups excluding carboxylic acids is 1. The molecule has 1 heterocycles. The number of carbonyl (C=O) groups is 1. The maximum atomic E-state index is 12.0. The summed E-state index contributed by atoms with van der Waals surface area (Å²) in [6.45, 7) is 1.90. The average Bonchev–Trinajstić information content (AvgIpc) is 2.38. The quantitative estimate of drug-likeness (QED) is 0.938. The Labute approximate surface area is 117 Å². The zero-order valence-electron chi connectivity index (χ0n) is 11.1. The van der Waals surface area contributed by atoms with E-state index in [1.165, 1.54) is 24.3 Å². The van der Waals surface area contributed by atoms with E-state index in [0.29, 0.717) is 11.4 Å². The van der Waals surface area contributed by atoms with Crippen LogP contribution in [0.1, 0.15) is 15.9 Å². The van der Waals surface area contributed by atoms with Gasteiger partial charge in [0.15, 0.2) is 9.84 Å². The van der Waals surface area contributed by atoms with E-state index in [1.54, 1.807) is 12.3 Å². The molecule has 104 valence electrons. The number of aryl methyl sites for hydroxylation is 1. The molecule has 0 aliphatic carbocycles. The summed E-state index contributed by atoms with van der Waals surface area (Å²) < 4.78 is 22.7. The normalized spacial score (nSPS) is 11.1. The van der Waals surface area contributed by atoms with Gasteiger partial charge in [0.1, 0.15) is 5.82 Å². The van der Waals surface area contributed by atoms with Gasteiger partial charge in [-0.3, -0.25) is 4.79 Å². The first-order valence-corrected chi connectivity index (χ1v) is 7.79. The number of benzene rings is 1. The lowest BCUT2D eigenvalue weighted by atomic mass is 10.2. The van der Waals surface area contributed by atoms with Crippen molar-refractivity contribution in [2.45, 2.75) is 11.8 Å². The highest BCUT2D eigenvalue weighted by Gasteiger charge is 2.10. The van der Waals surface area contributed by atoms with Crippen LogP contribution in [0.3, 0.4) is 0 Å². The molecule has 0 unspecified atom stereocenters. The van der Waals surface area contributed by atoms with Gasteiger partial charge in [0.05, 0.1) is 4.90 Å². The highest BCUT2D eigenvalue weighted by atomic mass is 32.2. The van der Waals surface area contributed by atoms with E-state index < -0.39 is 9.84 Å². The van der Waals surface area contributed by atoms with Gasteiger partial charge in [-0.15, -0.1) is 0 Å². The van der Waals surface area contributed by atoms with Crippen molar-refractivity contribution in [1.82, 2.24) is 4.98 Å². The molecule has 6 heteroatoms. The Balaban J connectivity index is 2.18. The number of pyridine rings is 1. The van der Waals surface area contributed by atoms with E-state index >= 15 is 0 Å². The lowest BCUT2D eigenvalue weighted by Gasteiger charge is -2.05. The fourth-order valence-corrected chi connectivity index (χ4v) is 2.28. The number of amides is 1. The summed E-state index contributed by atoms with van der Waals surface area (Å²) >= 11 is 0. The van der Waals surface area contributed by atoms with E-state index in [4.69, 9.17) is 0 Å². The van der Waals surface area contributed by atoms with Crippen LogP contribution in [-0.2, 0) is 9.84 Å². The van der Waals surface area contributed by atoms with Crippen LogP contribution in [-0.4, -0.2) is 25.6 Å². The van der Waals surface area contributed by atoms with Crippen molar-refractivity contribution < 1.29 is 13.2 Å². The fraction of sp³-hybridized carbons (Fsp3) is 0.143. The van der Waals surface area contributed by atoms with Crippen molar-refractivity contribution in [1.29, 1.82) is 0 Å². The van der Waals surface area contributed by atoms with Crippen LogP contribution >= 0.6 is 0 Å². The number of hydrogen-bond donors (Lipinski definition) is 1. The first-order valence-electron chi connectivity index (χ1n) is 5.90. The van der Waals surface area contributed by atoms with Gasteiger partial charge in [-0.1, -0.05) is 0 Å². The van der Waals surface area contributed by atoms with Crippen LogP contribution < -0.4 is 5.32 Å². The van der Waals surface area contributed by atoms with Gasteiger partial charge in [0.2, 0.25) is 0 Å². The standard InChI is InChI=1S/C14H14N2O3S/c1-10-7-8-15-13(9-10)16-14(17)11-3-5-12(6-4-11)20(2,18)19/h3-9H,1-2H3,(H,15,16,17). The predicted octanol–water partition coefficient (Wildman–Crippen LogP) is 2.05. The molecule has 0 aliphatic rings. The van der Waals surface area contributed by atoms with Gasteiger partial charge in [-0.25, -0.2) is 13.4 Å². The largest absolute Gasteiger partial charge is 0.307 e. The Hall–Kier alpha value is -2.21. The molecule has 20 heavy (non-hydrogen) atoms. The summed E-state index contributed by atoms with van der Waals surface area (Å²) in [5.41, 5.74) is 1.36. The molecular weight excluding hydrogens is 276 g/mol. The van der Waals surface area contributed by atoms with Crippen LogP contribution in [0.15, 0.2) is 47.5 Å². The molecule has 0 aliphatic heterocycles. The minimum Gasteiger partial charge on any atom is -0.307 e. The Morgan fingerprint density at radius 2 is 1.80 bits per heavy atom. The Morgan fingerprint density at radius 1 is 1.15 bits per heavy atom. The SMILES string of the molecule is Cc1ccnc(NC(=O)c2ccc(S(C)(=O)=O)cc2)c1. The van der Waals surface area contributed by atoms with Crippen LogP contribution in [0.2, 0.25) is 0 Å². The minimum absolute atomic E-state index is 0.183. The van der Waals surface area contributed by atoms with Crippen LogP contribution in [0.4, 0.5) is 5.82 Å². The first kappa shape index (κ1) is 14.2. The van der Waals surface area contributed by atoms with Gasteiger partial charge < -0.3 is 5.32 Å². The van der Waals surface area contributed by atoms with Crippen molar-refractivity contribution in [3.8, 4) is 0 Å². The second-order valence-electron chi connectivity index (χ2n) is 4.47. The molecule has 0 spiro atoms. The van der Waals surface area contributed by atoms with Crippen LogP contribution in [0.25, 0.3) is 0 Å². The monoisotopic (exact) mass is 290 g/mol. The molecule has 0 fully saturated rings. The highest BCUT2D eigenvalue weighted by molar-refractivity contribution is 7.90. The van der Waals surface area contributed by atoms with Crippen LogP contribution in [0, 0.1) is 6.92 Å². The van der Waals surface area contributed by atoms with E-state index in [0.717, 1.165) is 11.8 Å². The molecule has 0 saturated heterocycles. The number of nitrogens with one attached hydrogen (secondary N) is 1. The third-order valence-electron chi connectivity index (χ3n) is 2.70. The van der Waals surface area contributed by atoms with E-state index in [2.05, 4.69) is 10.3 Å². The molecule has 0 bridgehead atoms. The van der Waals surface area contributed by atoms with Gasteiger partial charge in [-0.2, -0.15) is 0 Å². The van der Waals surface area contributed by atoms with Crippen molar-refractivity contribution >= 4 is 21.6 Å². The number of aromatic nitrogens is 1. The van der Waals surface area contributed by atoms with Gasteiger partial charge in [0, 0.05) is 18.0 Å². The molecule has 1 aromatic heterocycles. The third kappa shape index (κ3) is 3.42. The number of hydrogen-bond acceptors (Lipinski definition) is 4. The van der Waals surface area contributed by atoms with Crippen molar-refractivity contribution in [2.75, 3.05) is 11.6 Å². The lowest BCUT2D eigenvalue weighted by Crippen LogP contribution is -2.13. The zero-order chi connectivity index (χ0) is 14.8. The topological polar surface area (TPSA) is 76.1 Å². The van der Waals surface area contributed by atoms with E-state index in [9.17, 15) is 13.2 Å². The number of nitrogens with zero attached hydrogens (tertiary/aromatic N) is 1. The Morgan fingerprint density at radius 3 is 2.35 bits per heavy atom. The second-order valence-corrected chi connectivity index (χ2v) is 6.48. The molecule has 0 atom stereocenters. The van der Waals surface area contributed by atoms with Crippen molar-refractivity contribution in [3.63, 3.8) is 0 Å².